The van der Waals surface area contributed by atoms with Crippen LogP contribution in [0, 0.1) is 12.7 Å². The molecular formula is C20H16ClFN4O. The van der Waals surface area contributed by atoms with Gasteiger partial charge >= 0.3 is 0 Å². The summed E-state index contributed by atoms with van der Waals surface area (Å²) < 4.78 is 20.7. The van der Waals surface area contributed by atoms with Crippen LogP contribution in [0.3, 0.4) is 0 Å². The predicted molar refractivity (Wildman–Crippen MR) is 103 cm³/mol. The number of hydrogen-bond acceptors (Lipinski definition) is 4. The average Bonchev–Trinajstić information content (AvgIpc) is 3.02. The SMILES string of the molecule is Cc1cc2nccc(Nc3ccc(OCc4cccc(F)c4)c(Cl)c3)n2n1. The summed E-state index contributed by atoms with van der Waals surface area (Å²) in [6.45, 7) is 2.15. The van der Waals surface area contributed by atoms with E-state index in [1.54, 1.807) is 35.0 Å². The summed E-state index contributed by atoms with van der Waals surface area (Å²) in [6, 6.07) is 15.4. The molecule has 0 aliphatic carbocycles. The zero-order valence-corrected chi connectivity index (χ0v) is 15.2. The summed E-state index contributed by atoms with van der Waals surface area (Å²) in [7, 11) is 0. The van der Waals surface area contributed by atoms with Gasteiger partial charge in [-0.25, -0.2) is 9.37 Å². The average molecular weight is 383 g/mol. The maximum Gasteiger partial charge on any atom is 0.157 e. The number of halogens is 2. The maximum atomic E-state index is 13.2. The molecule has 4 rings (SSSR count). The molecule has 0 atom stereocenters. The first-order chi connectivity index (χ1) is 13.1. The van der Waals surface area contributed by atoms with Crippen LogP contribution in [-0.2, 0) is 6.61 Å². The summed E-state index contributed by atoms with van der Waals surface area (Å²) in [4.78, 5) is 4.28. The Balaban J connectivity index is 1.51. The third kappa shape index (κ3) is 3.85. The van der Waals surface area contributed by atoms with E-state index in [2.05, 4.69) is 15.4 Å². The van der Waals surface area contributed by atoms with Crippen LogP contribution in [0.2, 0.25) is 5.02 Å². The van der Waals surface area contributed by atoms with Gasteiger partial charge < -0.3 is 10.1 Å². The van der Waals surface area contributed by atoms with Gasteiger partial charge in [-0.3, -0.25) is 0 Å². The molecule has 0 spiro atoms. The second kappa shape index (κ2) is 7.25. The van der Waals surface area contributed by atoms with E-state index in [-0.39, 0.29) is 12.4 Å². The van der Waals surface area contributed by atoms with Gasteiger partial charge in [-0.1, -0.05) is 23.7 Å². The van der Waals surface area contributed by atoms with E-state index < -0.39 is 0 Å². The molecule has 2 aromatic carbocycles. The Morgan fingerprint density at radius 3 is 2.85 bits per heavy atom. The number of aryl methyl sites for hydroxylation is 1. The molecule has 2 aromatic heterocycles. The van der Waals surface area contributed by atoms with Crippen LogP contribution in [0.15, 0.2) is 60.8 Å². The first-order valence-electron chi connectivity index (χ1n) is 8.34. The maximum absolute atomic E-state index is 13.2. The summed E-state index contributed by atoms with van der Waals surface area (Å²) in [5.74, 6) is 1.01. The van der Waals surface area contributed by atoms with Gasteiger partial charge in [0.25, 0.3) is 0 Å². The van der Waals surface area contributed by atoms with Crippen molar-refractivity contribution < 1.29 is 9.13 Å². The fraction of sp³-hybridized carbons (Fsp3) is 0.100. The van der Waals surface area contributed by atoms with Crippen LogP contribution < -0.4 is 10.1 Å². The quantitative estimate of drug-likeness (QED) is 0.518. The zero-order chi connectivity index (χ0) is 18.8. The molecule has 27 heavy (non-hydrogen) atoms. The standard InChI is InChI=1S/C20H16ClFN4O/c1-13-9-20-23-8-7-19(26(20)25-13)24-16-5-6-18(17(21)11-16)27-12-14-3-2-4-15(22)10-14/h2-11,24H,12H2,1H3. The molecule has 0 fully saturated rings. The van der Waals surface area contributed by atoms with Crippen molar-refractivity contribution in [2.24, 2.45) is 0 Å². The number of fused-ring (bicyclic) bond motifs is 1. The topological polar surface area (TPSA) is 51.5 Å². The van der Waals surface area contributed by atoms with E-state index in [1.165, 1.54) is 12.1 Å². The first kappa shape index (κ1) is 17.3. The number of nitrogens with one attached hydrogen (secondary N) is 1. The lowest BCUT2D eigenvalue weighted by atomic mass is 10.2. The molecule has 1 N–H and O–H groups in total. The highest BCUT2D eigenvalue weighted by Gasteiger charge is 2.08. The predicted octanol–water partition coefficient (Wildman–Crippen LogP) is 5.15. The molecule has 4 aromatic rings. The van der Waals surface area contributed by atoms with Crippen LogP contribution in [-0.4, -0.2) is 14.6 Å². The van der Waals surface area contributed by atoms with E-state index >= 15 is 0 Å². The van der Waals surface area contributed by atoms with Crippen LogP contribution in [0.5, 0.6) is 5.75 Å². The highest BCUT2D eigenvalue weighted by Crippen LogP contribution is 2.30. The largest absolute Gasteiger partial charge is 0.487 e. The number of nitrogens with zero attached hydrogens (tertiary/aromatic N) is 3. The highest BCUT2D eigenvalue weighted by atomic mass is 35.5. The van der Waals surface area contributed by atoms with Gasteiger partial charge in [0, 0.05) is 18.0 Å². The third-order valence-corrected chi connectivity index (χ3v) is 4.26. The molecule has 5 nitrogen and oxygen atoms in total. The molecule has 0 bridgehead atoms. The molecule has 0 radical (unpaired) electrons. The second-order valence-corrected chi connectivity index (χ2v) is 6.48. The number of anilines is 2. The molecule has 0 saturated heterocycles. The van der Waals surface area contributed by atoms with Crippen LogP contribution >= 0.6 is 11.6 Å². The molecule has 0 amide bonds. The number of rotatable bonds is 5. The van der Waals surface area contributed by atoms with Crippen molar-refractivity contribution in [3.63, 3.8) is 0 Å². The Bertz CT molecular complexity index is 1110. The third-order valence-electron chi connectivity index (χ3n) is 3.97. The molecule has 0 aliphatic heterocycles. The molecule has 0 unspecified atom stereocenters. The lowest BCUT2D eigenvalue weighted by Crippen LogP contribution is -2.01. The van der Waals surface area contributed by atoms with Crippen LogP contribution in [0.25, 0.3) is 5.65 Å². The van der Waals surface area contributed by atoms with Gasteiger partial charge in [0.15, 0.2) is 5.65 Å². The summed E-state index contributed by atoms with van der Waals surface area (Å²) in [5, 5.41) is 8.16. The van der Waals surface area contributed by atoms with Crippen molar-refractivity contribution >= 4 is 28.8 Å². The van der Waals surface area contributed by atoms with Crippen molar-refractivity contribution in [3.8, 4) is 5.75 Å². The van der Waals surface area contributed by atoms with E-state index in [4.69, 9.17) is 16.3 Å². The van der Waals surface area contributed by atoms with Gasteiger partial charge in [-0.2, -0.15) is 9.61 Å². The van der Waals surface area contributed by atoms with Crippen LogP contribution in [0.4, 0.5) is 15.9 Å². The minimum absolute atomic E-state index is 0.238. The Morgan fingerprint density at radius 1 is 1.15 bits per heavy atom. The molecular weight excluding hydrogens is 367 g/mol. The summed E-state index contributed by atoms with van der Waals surface area (Å²) in [5.41, 5.74) is 3.18. The second-order valence-electron chi connectivity index (χ2n) is 6.07. The highest BCUT2D eigenvalue weighted by molar-refractivity contribution is 6.32. The molecule has 7 heteroatoms. The Hall–Kier alpha value is -3.12. The van der Waals surface area contributed by atoms with Gasteiger partial charge in [0.05, 0.1) is 10.7 Å². The molecule has 0 aliphatic rings. The number of aromatic nitrogens is 3. The van der Waals surface area contributed by atoms with Gasteiger partial charge in [-0.15, -0.1) is 0 Å². The Kier molecular flexibility index (Phi) is 4.64. The zero-order valence-electron chi connectivity index (χ0n) is 14.5. The van der Waals surface area contributed by atoms with Crippen LogP contribution in [0.1, 0.15) is 11.3 Å². The normalized spacial score (nSPS) is 10.9. The fourth-order valence-corrected chi connectivity index (χ4v) is 2.97. The number of hydrogen-bond donors (Lipinski definition) is 1. The summed E-state index contributed by atoms with van der Waals surface area (Å²) >= 11 is 6.34. The minimum atomic E-state index is -0.292. The lowest BCUT2D eigenvalue weighted by Gasteiger charge is -2.12. The van der Waals surface area contributed by atoms with E-state index in [9.17, 15) is 4.39 Å². The van der Waals surface area contributed by atoms with E-state index in [1.807, 2.05) is 25.1 Å². The minimum Gasteiger partial charge on any atom is -0.487 e. The van der Waals surface area contributed by atoms with Gasteiger partial charge in [0.1, 0.15) is 24.0 Å². The molecule has 0 saturated carbocycles. The van der Waals surface area contributed by atoms with E-state index in [0.717, 1.165) is 28.4 Å². The molecule has 2 heterocycles. The molecule has 136 valence electrons. The van der Waals surface area contributed by atoms with Gasteiger partial charge in [0.2, 0.25) is 0 Å². The Labute approximate surface area is 160 Å². The van der Waals surface area contributed by atoms with Crippen molar-refractivity contribution in [2.75, 3.05) is 5.32 Å². The number of benzene rings is 2. The lowest BCUT2D eigenvalue weighted by molar-refractivity contribution is 0.306. The van der Waals surface area contributed by atoms with Crippen molar-refractivity contribution in [1.29, 1.82) is 0 Å². The monoisotopic (exact) mass is 382 g/mol. The first-order valence-corrected chi connectivity index (χ1v) is 8.71. The van der Waals surface area contributed by atoms with Gasteiger partial charge in [-0.05, 0) is 48.9 Å². The van der Waals surface area contributed by atoms with Crippen molar-refractivity contribution in [3.05, 3.63) is 82.9 Å². The smallest absolute Gasteiger partial charge is 0.157 e. The number of ether oxygens (including phenoxy) is 1. The Morgan fingerprint density at radius 2 is 2.04 bits per heavy atom. The van der Waals surface area contributed by atoms with E-state index in [0.29, 0.717) is 10.8 Å². The van der Waals surface area contributed by atoms with Crippen molar-refractivity contribution in [1.82, 2.24) is 14.6 Å². The fourth-order valence-electron chi connectivity index (χ4n) is 2.74. The summed E-state index contributed by atoms with van der Waals surface area (Å²) in [6.07, 6.45) is 1.72. The van der Waals surface area contributed by atoms with Crippen molar-refractivity contribution in [2.45, 2.75) is 13.5 Å².